The molecular weight excluding hydrogens is 342 g/mol. The van der Waals surface area contributed by atoms with Crippen molar-refractivity contribution in [3.63, 3.8) is 0 Å². The van der Waals surface area contributed by atoms with Crippen molar-refractivity contribution < 1.29 is 14.3 Å². The molecule has 0 radical (unpaired) electrons. The predicted molar refractivity (Wildman–Crippen MR) is 101 cm³/mol. The third kappa shape index (κ3) is 3.33. The highest BCUT2D eigenvalue weighted by Crippen LogP contribution is 2.37. The lowest BCUT2D eigenvalue weighted by atomic mass is 9.87. The van der Waals surface area contributed by atoms with Crippen molar-refractivity contribution in [1.29, 1.82) is 0 Å². The average Bonchev–Trinajstić information content (AvgIpc) is 3.10. The molecule has 0 bridgehead atoms. The molecule has 3 aromatic rings. The summed E-state index contributed by atoms with van der Waals surface area (Å²) in [4.78, 5) is 23.9. The first-order valence-electron chi connectivity index (χ1n) is 8.73. The molecule has 0 saturated carbocycles. The van der Waals surface area contributed by atoms with Crippen LogP contribution in [0.2, 0.25) is 0 Å². The van der Waals surface area contributed by atoms with Gasteiger partial charge in [0.25, 0.3) is 0 Å². The van der Waals surface area contributed by atoms with Crippen LogP contribution in [0.3, 0.4) is 0 Å². The van der Waals surface area contributed by atoms with Gasteiger partial charge in [0.15, 0.2) is 0 Å². The number of benzene rings is 2. The van der Waals surface area contributed by atoms with Gasteiger partial charge in [0, 0.05) is 17.9 Å². The van der Waals surface area contributed by atoms with Crippen molar-refractivity contribution in [2.24, 2.45) is 0 Å². The summed E-state index contributed by atoms with van der Waals surface area (Å²) in [7, 11) is 1.36. The lowest BCUT2D eigenvalue weighted by Gasteiger charge is -2.24. The van der Waals surface area contributed by atoms with E-state index >= 15 is 0 Å². The number of nitrogens with one attached hydrogen (secondary N) is 1. The Morgan fingerprint density at radius 3 is 2.63 bits per heavy atom. The third-order valence-corrected chi connectivity index (χ3v) is 4.80. The average molecular weight is 361 g/mol. The van der Waals surface area contributed by atoms with Gasteiger partial charge in [-0.2, -0.15) is 5.10 Å². The fourth-order valence-electron chi connectivity index (χ4n) is 3.41. The van der Waals surface area contributed by atoms with E-state index in [2.05, 4.69) is 10.4 Å². The highest BCUT2D eigenvalue weighted by Gasteiger charge is 2.30. The number of hydrogen-bond donors (Lipinski definition) is 1. The van der Waals surface area contributed by atoms with Gasteiger partial charge in [-0.3, -0.25) is 4.79 Å². The minimum atomic E-state index is -0.376. The minimum Gasteiger partial charge on any atom is -0.465 e. The highest BCUT2D eigenvalue weighted by atomic mass is 16.5. The molecule has 0 aliphatic carbocycles. The van der Waals surface area contributed by atoms with Crippen LogP contribution in [0.15, 0.2) is 60.8 Å². The van der Waals surface area contributed by atoms with Gasteiger partial charge in [0.05, 0.1) is 25.4 Å². The van der Waals surface area contributed by atoms with Crippen molar-refractivity contribution in [1.82, 2.24) is 9.78 Å². The summed E-state index contributed by atoms with van der Waals surface area (Å²) in [5, 5.41) is 7.44. The summed E-state index contributed by atoms with van der Waals surface area (Å²) >= 11 is 0. The van der Waals surface area contributed by atoms with Crippen LogP contribution in [0.1, 0.15) is 39.4 Å². The summed E-state index contributed by atoms with van der Waals surface area (Å²) in [6.07, 6.45) is 2.16. The maximum Gasteiger partial charge on any atom is 0.337 e. The number of anilines is 1. The Bertz CT molecular complexity index is 978. The molecule has 27 heavy (non-hydrogen) atoms. The molecule has 0 fully saturated rings. The SMILES string of the molecule is COC(=O)c1ccc([C@@H]2CC(=O)Nc3c2cnn3Cc2ccccc2)cc1. The molecular formula is C21H19N3O3. The van der Waals surface area contributed by atoms with E-state index in [1.54, 1.807) is 12.1 Å². The van der Waals surface area contributed by atoms with Crippen LogP contribution in [0.4, 0.5) is 5.82 Å². The summed E-state index contributed by atoms with van der Waals surface area (Å²) in [6.45, 7) is 0.588. The summed E-state index contributed by atoms with van der Waals surface area (Å²) in [5.74, 6) is 0.223. The zero-order valence-corrected chi connectivity index (χ0v) is 14.9. The molecule has 136 valence electrons. The normalized spacial score (nSPS) is 15.7. The maximum atomic E-state index is 12.3. The van der Waals surface area contributed by atoms with Crippen LogP contribution in [0, 0.1) is 0 Å². The summed E-state index contributed by atoms with van der Waals surface area (Å²) in [5.41, 5.74) is 3.55. The largest absolute Gasteiger partial charge is 0.465 e. The van der Waals surface area contributed by atoms with Gasteiger partial charge in [-0.15, -0.1) is 0 Å². The molecule has 1 atom stereocenters. The molecule has 1 aliphatic rings. The maximum absolute atomic E-state index is 12.3. The van der Waals surface area contributed by atoms with Crippen molar-refractivity contribution in [3.8, 4) is 0 Å². The van der Waals surface area contributed by atoms with Gasteiger partial charge >= 0.3 is 5.97 Å². The van der Waals surface area contributed by atoms with Crippen molar-refractivity contribution in [3.05, 3.63) is 83.0 Å². The van der Waals surface area contributed by atoms with Crippen LogP contribution in [0.5, 0.6) is 0 Å². The third-order valence-electron chi connectivity index (χ3n) is 4.80. The van der Waals surface area contributed by atoms with Gasteiger partial charge < -0.3 is 10.1 Å². The standard InChI is InChI=1S/C21H19N3O3/c1-27-21(26)16-9-7-15(8-10-16)17-11-19(25)23-20-18(17)12-22-24(20)13-14-5-3-2-4-6-14/h2-10,12,17H,11,13H2,1H3,(H,23,25)/t17-/m0/s1. The van der Waals surface area contributed by atoms with E-state index in [0.29, 0.717) is 18.5 Å². The summed E-state index contributed by atoms with van der Waals surface area (Å²) in [6, 6.07) is 17.2. The number of hydrogen-bond acceptors (Lipinski definition) is 4. The summed E-state index contributed by atoms with van der Waals surface area (Å²) < 4.78 is 6.56. The zero-order chi connectivity index (χ0) is 18.8. The second kappa shape index (κ2) is 7.07. The van der Waals surface area contributed by atoms with E-state index in [9.17, 15) is 9.59 Å². The second-order valence-electron chi connectivity index (χ2n) is 6.51. The smallest absolute Gasteiger partial charge is 0.337 e. The molecule has 1 amide bonds. The zero-order valence-electron chi connectivity index (χ0n) is 14.9. The molecule has 2 heterocycles. The fourth-order valence-corrected chi connectivity index (χ4v) is 3.41. The number of ether oxygens (including phenoxy) is 1. The number of fused-ring (bicyclic) bond motifs is 1. The lowest BCUT2D eigenvalue weighted by Crippen LogP contribution is -2.25. The Balaban J connectivity index is 1.65. The van der Waals surface area contributed by atoms with E-state index in [1.807, 2.05) is 53.3 Å². The molecule has 0 spiro atoms. The number of esters is 1. The molecule has 6 heteroatoms. The van der Waals surface area contributed by atoms with Crippen LogP contribution < -0.4 is 5.32 Å². The molecule has 1 aromatic heterocycles. The van der Waals surface area contributed by atoms with Crippen molar-refractivity contribution >= 4 is 17.7 Å². The first-order valence-corrected chi connectivity index (χ1v) is 8.73. The number of rotatable bonds is 4. The molecule has 1 N–H and O–H groups in total. The molecule has 0 unspecified atom stereocenters. The van der Waals surface area contributed by atoms with E-state index in [-0.39, 0.29) is 17.8 Å². The second-order valence-corrected chi connectivity index (χ2v) is 6.51. The quantitative estimate of drug-likeness (QED) is 0.725. The Labute approximate surface area is 156 Å². The van der Waals surface area contributed by atoms with Gasteiger partial charge in [0.1, 0.15) is 5.82 Å². The molecule has 1 aliphatic heterocycles. The Morgan fingerprint density at radius 1 is 1.19 bits per heavy atom. The van der Waals surface area contributed by atoms with Gasteiger partial charge in [-0.25, -0.2) is 9.48 Å². The van der Waals surface area contributed by atoms with Crippen molar-refractivity contribution in [2.75, 3.05) is 12.4 Å². The highest BCUT2D eigenvalue weighted by molar-refractivity contribution is 5.94. The Hall–Kier alpha value is -3.41. The van der Waals surface area contributed by atoms with E-state index < -0.39 is 0 Å². The Morgan fingerprint density at radius 2 is 1.93 bits per heavy atom. The number of amides is 1. The van der Waals surface area contributed by atoms with Crippen LogP contribution in [-0.4, -0.2) is 28.8 Å². The van der Waals surface area contributed by atoms with E-state index in [4.69, 9.17) is 4.74 Å². The Kier molecular flexibility index (Phi) is 4.46. The van der Waals surface area contributed by atoms with Crippen molar-refractivity contribution in [2.45, 2.75) is 18.9 Å². The van der Waals surface area contributed by atoms with Gasteiger partial charge in [0.2, 0.25) is 5.91 Å². The predicted octanol–water partition coefficient (Wildman–Crippen LogP) is 3.19. The topological polar surface area (TPSA) is 73.2 Å². The number of nitrogens with zero attached hydrogens (tertiary/aromatic N) is 2. The lowest BCUT2D eigenvalue weighted by molar-refractivity contribution is -0.116. The van der Waals surface area contributed by atoms with Crippen LogP contribution in [0.25, 0.3) is 0 Å². The van der Waals surface area contributed by atoms with Gasteiger partial charge in [-0.05, 0) is 23.3 Å². The first kappa shape index (κ1) is 17.0. The van der Waals surface area contributed by atoms with Crippen LogP contribution >= 0.6 is 0 Å². The molecule has 0 saturated heterocycles. The van der Waals surface area contributed by atoms with E-state index in [1.165, 1.54) is 7.11 Å². The molecule has 4 rings (SSSR count). The van der Waals surface area contributed by atoms with E-state index in [0.717, 1.165) is 22.5 Å². The monoisotopic (exact) mass is 361 g/mol. The van der Waals surface area contributed by atoms with Gasteiger partial charge in [-0.1, -0.05) is 42.5 Å². The minimum absolute atomic E-state index is 0.0423. The molecule has 2 aromatic carbocycles. The number of aromatic nitrogens is 2. The van der Waals surface area contributed by atoms with Crippen LogP contribution in [-0.2, 0) is 16.1 Å². The number of methoxy groups -OCH3 is 1. The molecule has 6 nitrogen and oxygen atoms in total. The number of carbonyl (C=O) groups excluding carboxylic acids is 2. The fraction of sp³-hybridized carbons (Fsp3) is 0.190. The first-order chi connectivity index (χ1) is 13.2. The number of carbonyl (C=O) groups is 2.